The van der Waals surface area contributed by atoms with Gasteiger partial charge < -0.3 is 0 Å². The van der Waals surface area contributed by atoms with Crippen LogP contribution in [0.15, 0.2) is 66.7 Å². The summed E-state index contributed by atoms with van der Waals surface area (Å²) in [5.41, 5.74) is 1.41. The molecule has 0 aliphatic carbocycles. The molecule has 0 bridgehead atoms. The molecule has 0 saturated carbocycles. The van der Waals surface area contributed by atoms with Crippen molar-refractivity contribution in [3.05, 3.63) is 72.3 Å². The third kappa shape index (κ3) is 8.27. The molecule has 0 aromatic heterocycles. The van der Waals surface area contributed by atoms with Crippen LogP contribution in [-0.2, 0) is 0 Å². The van der Waals surface area contributed by atoms with E-state index in [1.165, 1.54) is 5.56 Å². The van der Waals surface area contributed by atoms with Crippen LogP contribution in [0.3, 0.4) is 0 Å². The Hall–Kier alpha value is -1.56. The molecule has 0 nitrogen and oxygen atoms in total. The highest BCUT2D eigenvalue weighted by Gasteiger charge is 1.93. The summed E-state index contributed by atoms with van der Waals surface area (Å²) in [6, 6.07) is 22.5. The normalized spacial score (nSPS) is 8.53. The van der Waals surface area contributed by atoms with Crippen molar-refractivity contribution in [2.75, 3.05) is 0 Å². The van der Waals surface area contributed by atoms with Gasteiger partial charge in [0.05, 0.1) is 0 Å². The van der Waals surface area contributed by atoms with Crippen molar-refractivity contribution in [2.24, 2.45) is 0 Å². The van der Waals surface area contributed by atoms with Crippen LogP contribution in [0.25, 0.3) is 0 Å². The third-order valence-electron chi connectivity index (χ3n) is 2.13. The number of hydrogen-bond acceptors (Lipinski definition) is 0. The Labute approximate surface area is 106 Å². The summed E-state index contributed by atoms with van der Waals surface area (Å²) in [7, 11) is 0. The molecule has 2 rings (SSSR count). The first-order valence-corrected chi connectivity index (χ1v) is 6.35. The topological polar surface area (TPSA) is 0 Å². The fourth-order valence-corrected chi connectivity index (χ4v) is 1.22. The van der Waals surface area contributed by atoms with Gasteiger partial charge in [-0.25, -0.2) is 0 Å². The summed E-state index contributed by atoms with van der Waals surface area (Å²) in [4.78, 5) is 0. The van der Waals surface area contributed by atoms with E-state index in [0.717, 1.165) is 0 Å². The van der Waals surface area contributed by atoms with Gasteiger partial charge in [0.2, 0.25) is 0 Å². The SMILES string of the molecule is CC.CC(C)c1ccccc1.c1ccccc1. The molecule has 0 aliphatic heterocycles. The standard InChI is InChI=1S/C9H12.C6H6.C2H6/c1-8(2)9-6-4-3-5-7-9;1-2-4-6-5-3-1;1-2/h3-8H,1-2H3;1-6H;1-2H3. The summed E-state index contributed by atoms with van der Waals surface area (Å²) in [6.07, 6.45) is 0. The minimum absolute atomic E-state index is 0.659. The van der Waals surface area contributed by atoms with Gasteiger partial charge in [0.1, 0.15) is 0 Å². The Morgan fingerprint density at radius 2 is 0.882 bits per heavy atom. The molecular weight excluding hydrogens is 204 g/mol. The Morgan fingerprint density at radius 3 is 1.12 bits per heavy atom. The van der Waals surface area contributed by atoms with Crippen molar-refractivity contribution in [3.8, 4) is 0 Å². The molecule has 0 aliphatic rings. The largest absolute Gasteiger partial charge is 0.0683 e. The number of benzene rings is 2. The van der Waals surface area contributed by atoms with E-state index >= 15 is 0 Å². The Morgan fingerprint density at radius 1 is 0.588 bits per heavy atom. The first-order chi connectivity index (χ1) is 8.30. The minimum Gasteiger partial charge on any atom is -0.0683 e. The molecule has 2 aromatic carbocycles. The van der Waals surface area contributed by atoms with Crippen LogP contribution in [0.4, 0.5) is 0 Å². The van der Waals surface area contributed by atoms with Gasteiger partial charge in [0, 0.05) is 0 Å². The molecule has 0 radical (unpaired) electrons. The third-order valence-corrected chi connectivity index (χ3v) is 2.13. The minimum atomic E-state index is 0.659. The average Bonchev–Trinajstić information content (AvgIpc) is 2.44. The molecule has 0 amide bonds. The maximum absolute atomic E-state index is 2.20. The maximum atomic E-state index is 2.20. The van der Waals surface area contributed by atoms with Gasteiger partial charge in [0.15, 0.2) is 0 Å². The van der Waals surface area contributed by atoms with Crippen LogP contribution in [0.1, 0.15) is 39.2 Å². The van der Waals surface area contributed by atoms with Crippen molar-refractivity contribution in [1.29, 1.82) is 0 Å². The van der Waals surface area contributed by atoms with Crippen molar-refractivity contribution in [1.82, 2.24) is 0 Å². The van der Waals surface area contributed by atoms with E-state index in [4.69, 9.17) is 0 Å². The second kappa shape index (κ2) is 10.9. The Kier molecular flexibility index (Phi) is 9.94. The van der Waals surface area contributed by atoms with Gasteiger partial charge in [-0.2, -0.15) is 0 Å². The highest BCUT2D eigenvalue weighted by atomic mass is 14.0. The van der Waals surface area contributed by atoms with Crippen LogP contribution in [0.2, 0.25) is 0 Å². The van der Waals surface area contributed by atoms with Gasteiger partial charge in [-0.1, -0.05) is 94.4 Å². The van der Waals surface area contributed by atoms with E-state index in [1.54, 1.807) is 0 Å². The number of rotatable bonds is 1. The lowest BCUT2D eigenvalue weighted by molar-refractivity contribution is 0.867. The predicted molar refractivity (Wildman–Crippen MR) is 78.3 cm³/mol. The van der Waals surface area contributed by atoms with Crippen LogP contribution < -0.4 is 0 Å². The van der Waals surface area contributed by atoms with E-state index in [0.29, 0.717) is 5.92 Å². The summed E-state index contributed by atoms with van der Waals surface area (Å²) in [6.45, 7) is 8.41. The Bertz CT molecular complexity index is 308. The van der Waals surface area contributed by atoms with Crippen molar-refractivity contribution in [2.45, 2.75) is 33.6 Å². The first kappa shape index (κ1) is 15.4. The first-order valence-electron chi connectivity index (χ1n) is 6.35. The van der Waals surface area contributed by atoms with Crippen molar-refractivity contribution in [3.63, 3.8) is 0 Å². The zero-order valence-corrected chi connectivity index (χ0v) is 11.4. The van der Waals surface area contributed by atoms with Crippen molar-refractivity contribution < 1.29 is 0 Å². The zero-order chi connectivity index (χ0) is 12.9. The average molecular weight is 228 g/mol. The predicted octanol–water partition coefficient (Wildman–Crippen LogP) is 5.52. The molecule has 0 heterocycles. The van der Waals surface area contributed by atoms with Crippen molar-refractivity contribution >= 4 is 0 Å². The zero-order valence-electron chi connectivity index (χ0n) is 11.4. The molecular formula is C17H24. The van der Waals surface area contributed by atoms with Crippen LogP contribution in [-0.4, -0.2) is 0 Å². The highest BCUT2D eigenvalue weighted by molar-refractivity contribution is 5.17. The van der Waals surface area contributed by atoms with E-state index in [-0.39, 0.29) is 0 Å². The molecule has 2 aromatic rings. The monoisotopic (exact) mass is 228 g/mol. The van der Waals surface area contributed by atoms with E-state index in [9.17, 15) is 0 Å². The van der Waals surface area contributed by atoms with Crippen LogP contribution >= 0.6 is 0 Å². The smallest absolute Gasteiger partial charge is 0.0219 e. The molecule has 0 saturated heterocycles. The summed E-state index contributed by atoms with van der Waals surface area (Å²) >= 11 is 0. The lowest BCUT2D eigenvalue weighted by atomic mass is 10.0. The summed E-state index contributed by atoms with van der Waals surface area (Å²) in [5.74, 6) is 0.659. The molecule has 0 spiro atoms. The van der Waals surface area contributed by atoms with Gasteiger partial charge >= 0.3 is 0 Å². The maximum Gasteiger partial charge on any atom is -0.0219 e. The van der Waals surface area contributed by atoms with Gasteiger partial charge in [-0.15, -0.1) is 0 Å². The molecule has 0 N–H and O–H groups in total. The molecule has 0 atom stereocenters. The lowest BCUT2D eigenvalue weighted by Gasteiger charge is -2.01. The van der Waals surface area contributed by atoms with Gasteiger partial charge in [-0.3, -0.25) is 0 Å². The molecule has 0 heteroatoms. The van der Waals surface area contributed by atoms with E-state index in [2.05, 4.69) is 38.1 Å². The highest BCUT2D eigenvalue weighted by Crippen LogP contribution is 2.11. The van der Waals surface area contributed by atoms with Gasteiger partial charge in [0.25, 0.3) is 0 Å². The molecule has 0 unspecified atom stereocenters. The fourth-order valence-electron chi connectivity index (χ4n) is 1.22. The summed E-state index contributed by atoms with van der Waals surface area (Å²) in [5, 5.41) is 0. The molecule has 0 fully saturated rings. The van der Waals surface area contributed by atoms with Crippen LogP contribution in [0.5, 0.6) is 0 Å². The number of hydrogen-bond donors (Lipinski definition) is 0. The van der Waals surface area contributed by atoms with Crippen LogP contribution in [0, 0.1) is 0 Å². The molecule has 17 heavy (non-hydrogen) atoms. The second-order valence-corrected chi connectivity index (χ2v) is 3.72. The lowest BCUT2D eigenvalue weighted by Crippen LogP contribution is -1.83. The van der Waals surface area contributed by atoms with Gasteiger partial charge in [-0.05, 0) is 11.5 Å². The quantitative estimate of drug-likeness (QED) is 0.602. The fraction of sp³-hybridized carbons (Fsp3) is 0.294. The van der Waals surface area contributed by atoms with E-state index < -0.39 is 0 Å². The Balaban J connectivity index is 0.000000278. The summed E-state index contributed by atoms with van der Waals surface area (Å²) < 4.78 is 0. The molecule has 92 valence electrons. The van der Waals surface area contributed by atoms with E-state index in [1.807, 2.05) is 56.3 Å². The second-order valence-electron chi connectivity index (χ2n) is 3.72.